The Hall–Kier alpha value is -2.08. The number of alkyl halides is 3. The van der Waals surface area contributed by atoms with Gasteiger partial charge in [0.25, 0.3) is 0 Å². The molecule has 0 saturated heterocycles. The summed E-state index contributed by atoms with van der Waals surface area (Å²) in [5.74, 6) is -0.304. The van der Waals surface area contributed by atoms with Gasteiger partial charge < -0.3 is 9.84 Å². The third-order valence-electron chi connectivity index (χ3n) is 2.37. The number of aliphatic hydroxyl groups excluding tert-OH is 1. The number of hydrogen-bond donors (Lipinski definition) is 1. The van der Waals surface area contributed by atoms with Crippen LogP contribution < -0.4 is 4.74 Å². The highest BCUT2D eigenvalue weighted by Crippen LogP contribution is 2.27. The molecule has 1 heterocycles. The first-order valence-electron chi connectivity index (χ1n) is 5.40. The van der Waals surface area contributed by atoms with Crippen LogP contribution in [0.3, 0.4) is 0 Å². The number of benzene rings is 1. The van der Waals surface area contributed by atoms with Crippen LogP contribution in [0.5, 0.6) is 5.75 Å². The molecule has 2 aromatic rings. The van der Waals surface area contributed by atoms with Gasteiger partial charge in [0, 0.05) is 11.8 Å². The maximum absolute atomic E-state index is 12.1. The van der Waals surface area contributed by atoms with Crippen LogP contribution in [-0.2, 0) is 6.61 Å². The van der Waals surface area contributed by atoms with E-state index in [2.05, 4.69) is 9.72 Å². The zero-order valence-corrected chi connectivity index (χ0v) is 9.69. The molecule has 6 heteroatoms. The van der Waals surface area contributed by atoms with Gasteiger partial charge in [-0.2, -0.15) is 0 Å². The first kappa shape index (κ1) is 13.4. The molecular weight excluding hydrogens is 259 g/mol. The average molecular weight is 269 g/mol. The summed E-state index contributed by atoms with van der Waals surface area (Å²) in [6.45, 7) is -0.158. The molecule has 0 aliphatic rings. The normalized spacial score (nSPS) is 11.4. The molecule has 19 heavy (non-hydrogen) atoms. The largest absolute Gasteiger partial charge is 0.573 e. The van der Waals surface area contributed by atoms with Crippen LogP contribution in [0.25, 0.3) is 11.3 Å². The lowest BCUT2D eigenvalue weighted by Gasteiger charge is -2.10. The Balaban J connectivity index is 2.32. The Morgan fingerprint density at radius 1 is 1.16 bits per heavy atom. The molecule has 0 saturated carbocycles. The highest BCUT2D eigenvalue weighted by Gasteiger charge is 2.31. The van der Waals surface area contributed by atoms with Crippen LogP contribution in [0.2, 0.25) is 0 Å². The van der Waals surface area contributed by atoms with E-state index in [-0.39, 0.29) is 12.4 Å². The van der Waals surface area contributed by atoms with Crippen molar-refractivity contribution >= 4 is 0 Å². The summed E-state index contributed by atoms with van der Waals surface area (Å²) in [6.07, 6.45) is -3.24. The predicted octanol–water partition coefficient (Wildman–Crippen LogP) is 3.14. The van der Waals surface area contributed by atoms with Gasteiger partial charge in [-0.05, 0) is 29.8 Å². The van der Waals surface area contributed by atoms with Crippen LogP contribution in [0, 0.1) is 0 Å². The molecule has 0 spiro atoms. The zero-order valence-electron chi connectivity index (χ0n) is 9.69. The second-order valence-electron chi connectivity index (χ2n) is 3.78. The summed E-state index contributed by atoms with van der Waals surface area (Å²) in [5.41, 5.74) is 1.59. The molecule has 0 fully saturated rings. The molecule has 2 rings (SSSR count). The summed E-state index contributed by atoms with van der Waals surface area (Å²) in [7, 11) is 0. The number of aromatic nitrogens is 1. The summed E-state index contributed by atoms with van der Waals surface area (Å²) in [5, 5.41) is 9.02. The van der Waals surface area contributed by atoms with E-state index in [0.29, 0.717) is 16.8 Å². The summed E-state index contributed by atoms with van der Waals surface area (Å²) >= 11 is 0. The quantitative estimate of drug-likeness (QED) is 0.930. The first-order valence-corrected chi connectivity index (χ1v) is 5.40. The molecule has 0 unspecified atom stereocenters. The molecule has 0 atom stereocenters. The number of nitrogens with zero attached hydrogens (tertiary/aromatic N) is 1. The highest BCUT2D eigenvalue weighted by atomic mass is 19.4. The second-order valence-corrected chi connectivity index (χ2v) is 3.78. The lowest BCUT2D eigenvalue weighted by molar-refractivity contribution is -0.274. The van der Waals surface area contributed by atoms with Gasteiger partial charge in [-0.1, -0.05) is 12.1 Å². The van der Waals surface area contributed by atoms with Gasteiger partial charge in [-0.25, -0.2) is 0 Å². The number of hydrogen-bond acceptors (Lipinski definition) is 3. The van der Waals surface area contributed by atoms with E-state index >= 15 is 0 Å². The van der Waals surface area contributed by atoms with Crippen molar-refractivity contribution in [2.24, 2.45) is 0 Å². The van der Waals surface area contributed by atoms with Crippen molar-refractivity contribution in [1.82, 2.24) is 4.98 Å². The van der Waals surface area contributed by atoms with E-state index in [1.54, 1.807) is 18.2 Å². The smallest absolute Gasteiger partial charge is 0.406 e. The average Bonchev–Trinajstić information content (AvgIpc) is 2.37. The van der Waals surface area contributed by atoms with Crippen LogP contribution in [0.4, 0.5) is 13.2 Å². The van der Waals surface area contributed by atoms with E-state index in [4.69, 9.17) is 5.11 Å². The lowest BCUT2D eigenvalue weighted by atomic mass is 10.1. The van der Waals surface area contributed by atoms with Crippen molar-refractivity contribution in [1.29, 1.82) is 0 Å². The molecule has 0 aliphatic carbocycles. The Bertz CT molecular complexity index is 570. The fourth-order valence-corrected chi connectivity index (χ4v) is 1.58. The van der Waals surface area contributed by atoms with Gasteiger partial charge in [0.05, 0.1) is 12.3 Å². The van der Waals surface area contributed by atoms with Crippen LogP contribution in [-0.4, -0.2) is 16.5 Å². The van der Waals surface area contributed by atoms with Gasteiger partial charge in [-0.15, -0.1) is 13.2 Å². The second kappa shape index (κ2) is 5.27. The Morgan fingerprint density at radius 2 is 1.95 bits per heavy atom. The highest BCUT2D eigenvalue weighted by molar-refractivity contribution is 5.61. The molecule has 100 valence electrons. The molecule has 0 bridgehead atoms. The van der Waals surface area contributed by atoms with Gasteiger partial charge in [0.15, 0.2) is 0 Å². The SMILES string of the molecule is OCc1ccnc(-c2cccc(OC(F)(F)F)c2)c1. The Kier molecular flexibility index (Phi) is 3.71. The monoisotopic (exact) mass is 269 g/mol. The molecule has 0 amide bonds. The minimum atomic E-state index is -4.72. The minimum Gasteiger partial charge on any atom is -0.406 e. The molecule has 0 aliphatic heterocycles. The van der Waals surface area contributed by atoms with Crippen molar-refractivity contribution in [3.63, 3.8) is 0 Å². The van der Waals surface area contributed by atoms with E-state index in [1.165, 1.54) is 24.4 Å². The Morgan fingerprint density at radius 3 is 2.63 bits per heavy atom. The van der Waals surface area contributed by atoms with Crippen molar-refractivity contribution in [3.8, 4) is 17.0 Å². The van der Waals surface area contributed by atoms with Crippen molar-refractivity contribution < 1.29 is 23.0 Å². The van der Waals surface area contributed by atoms with Gasteiger partial charge in [-0.3, -0.25) is 4.98 Å². The molecule has 1 aromatic carbocycles. The number of ether oxygens (including phenoxy) is 1. The summed E-state index contributed by atoms with van der Waals surface area (Å²) < 4.78 is 40.2. The van der Waals surface area contributed by atoms with E-state index in [9.17, 15) is 13.2 Å². The molecule has 1 N–H and O–H groups in total. The standard InChI is InChI=1S/C13H10F3NO2/c14-13(15,16)19-11-3-1-2-10(7-11)12-6-9(8-18)4-5-17-12/h1-7,18H,8H2. The summed E-state index contributed by atoms with van der Waals surface area (Å²) in [6, 6.07) is 8.76. The fourth-order valence-electron chi connectivity index (χ4n) is 1.58. The third-order valence-corrected chi connectivity index (χ3v) is 2.37. The van der Waals surface area contributed by atoms with E-state index in [0.717, 1.165) is 0 Å². The number of aliphatic hydroxyl groups is 1. The first-order chi connectivity index (χ1) is 8.98. The van der Waals surface area contributed by atoms with Crippen molar-refractivity contribution in [2.45, 2.75) is 13.0 Å². The molecular formula is C13H10F3NO2. The topological polar surface area (TPSA) is 42.4 Å². The third kappa shape index (κ3) is 3.69. The Labute approximate surface area is 107 Å². The maximum atomic E-state index is 12.1. The van der Waals surface area contributed by atoms with Crippen molar-refractivity contribution in [3.05, 3.63) is 48.2 Å². The van der Waals surface area contributed by atoms with Crippen LogP contribution >= 0.6 is 0 Å². The van der Waals surface area contributed by atoms with E-state index < -0.39 is 6.36 Å². The van der Waals surface area contributed by atoms with Gasteiger partial charge >= 0.3 is 6.36 Å². The predicted molar refractivity (Wildman–Crippen MR) is 62.3 cm³/mol. The number of rotatable bonds is 3. The van der Waals surface area contributed by atoms with Crippen molar-refractivity contribution in [2.75, 3.05) is 0 Å². The fraction of sp³-hybridized carbons (Fsp3) is 0.154. The van der Waals surface area contributed by atoms with E-state index in [1.807, 2.05) is 0 Å². The number of pyridine rings is 1. The summed E-state index contributed by atoms with van der Waals surface area (Å²) in [4.78, 5) is 4.05. The zero-order chi connectivity index (χ0) is 13.9. The molecule has 1 aromatic heterocycles. The lowest BCUT2D eigenvalue weighted by Crippen LogP contribution is -2.17. The minimum absolute atomic E-state index is 0.158. The van der Waals surface area contributed by atoms with Gasteiger partial charge in [0.2, 0.25) is 0 Å². The number of halogens is 3. The van der Waals surface area contributed by atoms with Gasteiger partial charge in [0.1, 0.15) is 5.75 Å². The molecule has 0 radical (unpaired) electrons. The molecule has 3 nitrogen and oxygen atoms in total. The maximum Gasteiger partial charge on any atom is 0.573 e. The van der Waals surface area contributed by atoms with Crippen LogP contribution in [0.15, 0.2) is 42.6 Å². The van der Waals surface area contributed by atoms with Crippen LogP contribution in [0.1, 0.15) is 5.56 Å².